The van der Waals surface area contributed by atoms with Crippen molar-refractivity contribution in [3.63, 3.8) is 0 Å². The third-order valence-corrected chi connectivity index (χ3v) is 19.1. The first kappa shape index (κ1) is 90.1. The van der Waals surface area contributed by atoms with Gasteiger partial charge in [-0.25, -0.2) is 9.13 Å². The van der Waals surface area contributed by atoms with E-state index in [9.17, 15) is 43.2 Å². The minimum atomic E-state index is -4.95. The van der Waals surface area contributed by atoms with Gasteiger partial charge in [0, 0.05) is 25.7 Å². The Morgan fingerprint density at radius 1 is 0.304 bits per heavy atom. The number of carbonyl (C=O) groups is 4. The first-order valence-corrected chi connectivity index (χ1v) is 40.7. The van der Waals surface area contributed by atoms with Gasteiger partial charge in [-0.3, -0.25) is 37.3 Å². The van der Waals surface area contributed by atoms with Gasteiger partial charge in [-0.15, -0.1) is 0 Å². The van der Waals surface area contributed by atoms with Crippen molar-refractivity contribution in [1.29, 1.82) is 0 Å². The minimum Gasteiger partial charge on any atom is -0.462 e. The summed E-state index contributed by atoms with van der Waals surface area (Å²) in [6, 6.07) is 0. The van der Waals surface area contributed by atoms with Gasteiger partial charge in [0.25, 0.3) is 0 Å². The number of phosphoric ester groups is 2. The van der Waals surface area contributed by atoms with Gasteiger partial charge in [0.1, 0.15) is 19.3 Å². The summed E-state index contributed by atoms with van der Waals surface area (Å²) in [6.07, 6.45) is 45.9. The van der Waals surface area contributed by atoms with Crippen molar-refractivity contribution in [2.75, 3.05) is 39.6 Å². The molecule has 0 saturated carbocycles. The molecule has 0 radical (unpaired) electrons. The predicted molar refractivity (Wildman–Crippen MR) is 372 cm³/mol. The number of esters is 4. The van der Waals surface area contributed by atoms with E-state index in [-0.39, 0.29) is 25.7 Å². The summed E-state index contributed by atoms with van der Waals surface area (Å²) in [5, 5.41) is 10.6. The molecule has 0 saturated heterocycles. The first-order chi connectivity index (χ1) is 44.1. The van der Waals surface area contributed by atoms with Crippen molar-refractivity contribution in [3.8, 4) is 0 Å². The summed E-state index contributed by atoms with van der Waals surface area (Å²) in [5.74, 6) is 0.903. The van der Waals surface area contributed by atoms with Crippen LogP contribution >= 0.6 is 15.6 Å². The molecule has 0 aliphatic heterocycles. The number of hydrogen-bond donors (Lipinski definition) is 3. The topological polar surface area (TPSA) is 237 Å². The summed E-state index contributed by atoms with van der Waals surface area (Å²) < 4.78 is 68.4. The van der Waals surface area contributed by atoms with Gasteiger partial charge in [-0.05, 0) is 49.4 Å². The van der Waals surface area contributed by atoms with Crippen molar-refractivity contribution < 1.29 is 80.2 Å². The highest BCUT2D eigenvalue weighted by Gasteiger charge is 2.30. The molecule has 17 nitrogen and oxygen atoms in total. The van der Waals surface area contributed by atoms with E-state index in [0.29, 0.717) is 25.7 Å². The van der Waals surface area contributed by atoms with Crippen LogP contribution in [0.1, 0.15) is 364 Å². The van der Waals surface area contributed by atoms with E-state index >= 15 is 0 Å². The molecule has 19 heteroatoms. The maximum atomic E-state index is 13.0. The second kappa shape index (κ2) is 62.6. The SMILES string of the molecule is CCC(C)CCCCCCCCCCCCCCCCC(=O)OC[C@H](COP(=O)(O)OCC(O)COP(=O)(O)OC[C@@H](COC(=O)CCCCCCCCCCC(C)C)OC(=O)CCCCCCCCCCC(C)C)OC(=O)CCCCCCCCCCCC(C)C. The Balaban J connectivity index is 5.22. The zero-order valence-corrected chi connectivity index (χ0v) is 62.0. The number of aliphatic hydroxyl groups excluding tert-OH is 1. The second-order valence-corrected chi connectivity index (χ2v) is 30.9. The summed E-state index contributed by atoms with van der Waals surface area (Å²) in [6.45, 7) is 14.1. The Kier molecular flexibility index (Phi) is 61.3. The zero-order valence-electron chi connectivity index (χ0n) is 60.2. The summed E-state index contributed by atoms with van der Waals surface area (Å²) in [4.78, 5) is 72.6. The van der Waals surface area contributed by atoms with Gasteiger partial charge < -0.3 is 33.8 Å². The van der Waals surface area contributed by atoms with Crippen LogP contribution in [0.4, 0.5) is 0 Å². The van der Waals surface area contributed by atoms with Crippen LogP contribution in [0.3, 0.4) is 0 Å². The average molecular weight is 1350 g/mol. The highest BCUT2D eigenvalue weighted by molar-refractivity contribution is 7.47. The smallest absolute Gasteiger partial charge is 0.462 e. The number of carbonyl (C=O) groups excluding carboxylic acids is 4. The summed E-state index contributed by atoms with van der Waals surface area (Å²) >= 11 is 0. The lowest BCUT2D eigenvalue weighted by atomic mass is 9.99. The number of rotatable bonds is 70. The highest BCUT2D eigenvalue weighted by Crippen LogP contribution is 2.45. The van der Waals surface area contributed by atoms with E-state index in [4.69, 9.17) is 37.0 Å². The van der Waals surface area contributed by atoms with Crippen molar-refractivity contribution in [2.45, 2.75) is 382 Å². The van der Waals surface area contributed by atoms with Crippen LogP contribution in [0.15, 0.2) is 0 Å². The molecule has 92 heavy (non-hydrogen) atoms. The van der Waals surface area contributed by atoms with E-state index < -0.39 is 97.5 Å². The number of ether oxygens (including phenoxy) is 4. The normalized spacial score (nSPS) is 14.5. The number of phosphoric acid groups is 2. The second-order valence-electron chi connectivity index (χ2n) is 28.0. The molecule has 6 atom stereocenters. The first-order valence-electron chi connectivity index (χ1n) is 37.7. The Labute approximate surface area is 562 Å². The molecule has 0 fully saturated rings. The lowest BCUT2D eigenvalue weighted by molar-refractivity contribution is -0.161. The molecular formula is C73H142O17P2. The fraction of sp³-hybridized carbons (Fsp3) is 0.945. The zero-order chi connectivity index (χ0) is 68.2. The quantitative estimate of drug-likeness (QED) is 0.0222. The lowest BCUT2D eigenvalue weighted by Crippen LogP contribution is -2.30. The molecule has 0 amide bonds. The van der Waals surface area contributed by atoms with Gasteiger partial charge in [-0.1, -0.05) is 312 Å². The molecule has 0 rings (SSSR count). The fourth-order valence-electron chi connectivity index (χ4n) is 11.0. The molecule has 0 aliphatic rings. The Morgan fingerprint density at radius 2 is 0.522 bits per heavy atom. The molecule has 0 spiro atoms. The van der Waals surface area contributed by atoms with E-state index in [1.165, 1.54) is 167 Å². The molecule has 3 N–H and O–H groups in total. The average Bonchev–Trinajstić information content (AvgIpc) is 2.53. The minimum absolute atomic E-state index is 0.103. The van der Waals surface area contributed by atoms with Gasteiger partial charge in [0.2, 0.25) is 0 Å². The fourth-order valence-corrected chi connectivity index (χ4v) is 12.6. The molecular weight excluding hydrogens is 1210 g/mol. The van der Waals surface area contributed by atoms with Crippen LogP contribution in [0, 0.1) is 23.7 Å². The third-order valence-electron chi connectivity index (χ3n) is 17.2. The largest absolute Gasteiger partial charge is 0.472 e. The van der Waals surface area contributed by atoms with Crippen molar-refractivity contribution in [1.82, 2.24) is 0 Å². The van der Waals surface area contributed by atoms with Crippen molar-refractivity contribution in [2.24, 2.45) is 23.7 Å². The van der Waals surface area contributed by atoms with Crippen molar-refractivity contribution in [3.05, 3.63) is 0 Å². The predicted octanol–water partition coefficient (Wildman–Crippen LogP) is 20.9. The van der Waals surface area contributed by atoms with Gasteiger partial charge >= 0.3 is 39.5 Å². The third kappa shape index (κ3) is 65.4. The van der Waals surface area contributed by atoms with Crippen molar-refractivity contribution >= 4 is 39.5 Å². The van der Waals surface area contributed by atoms with Crippen LogP contribution in [0.25, 0.3) is 0 Å². The Bertz CT molecular complexity index is 1820. The van der Waals surface area contributed by atoms with Gasteiger partial charge in [0.05, 0.1) is 26.4 Å². The maximum absolute atomic E-state index is 13.0. The van der Waals surface area contributed by atoms with E-state index in [1.54, 1.807) is 0 Å². The number of unbranched alkanes of at least 4 members (excludes halogenated alkanes) is 35. The highest BCUT2D eigenvalue weighted by atomic mass is 31.2. The molecule has 0 aromatic heterocycles. The molecule has 0 aromatic carbocycles. The molecule has 0 heterocycles. The lowest BCUT2D eigenvalue weighted by Gasteiger charge is -2.21. The summed E-state index contributed by atoms with van der Waals surface area (Å²) in [7, 11) is -9.91. The van der Waals surface area contributed by atoms with Gasteiger partial charge in [0.15, 0.2) is 12.2 Å². The molecule has 546 valence electrons. The van der Waals surface area contributed by atoms with E-state index in [0.717, 1.165) is 114 Å². The number of aliphatic hydroxyl groups is 1. The van der Waals surface area contributed by atoms with Crippen LogP contribution in [0.5, 0.6) is 0 Å². The maximum Gasteiger partial charge on any atom is 0.472 e. The molecule has 0 aliphatic carbocycles. The van der Waals surface area contributed by atoms with Crippen LogP contribution in [0.2, 0.25) is 0 Å². The van der Waals surface area contributed by atoms with E-state index in [2.05, 4.69) is 55.4 Å². The van der Waals surface area contributed by atoms with Crippen LogP contribution in [-0.4, -0.2) is 96.7 Å². The number of hydrogen-bond acceptors (Lipinski definition) is 15. The molecule has 4 unspecified atom stereocenters. The standard InChI is InChI=1S/C73H142O17P2/c1-9-66(8)52-44-36-28-18-14-12-10-11-13-15-19-29-37-45-53-70(75)83-59-68(89-72(77)55-47-39-31-20-16-17-25-33-41-49-63(2)3)61-87-91(79,80)85-57-67(74)58-86-92(81,82)88-62-69(90-73(78)56-48-40-32-24-22-27-35-43-51-65(6)7)60-84-71(76)54-46-38-30-23-21-26-34-42-50-64(4)5/h63-69,74H,9-62H2,1-8H3,(H,79,80)(H,81,82)/t66?,67?,68-,69-/m1/s1. The monoisotopic (exact) mass is 1350 g/mol. The van der Waals surface area contributed by atoms with Crippen LogP contribution < -0.4 is 0 Å². The van der Waals surface area contributed by atoms with E-state index in [1.807, 2.05) is 0 Å². The summed E-state index contributed by atoms with van der Waals surface area (Å²) in [5.41, 5.74) is 0. The van der Waals surface area contributed by atoms with Gasteiger partial charge in [-0.2, -0.15) is 0 Å². The van der Waals surface area contributed by atoms with Crippen LogP contribution in [-0.2, 0) is 65.4 Å². The molecule has 0 aromatic rings. The Hall–Kier alpha value is -1.94. The molecule has 0 bridgehead atoms. The Morgan fingerprint density at radius 3 is 0.772 bits per heavy atom.